The van der Waals surface area contributed by atoms with Crippen LogP contribution in [0.25, 0.3) is 0 Å². The second kappa shape index (κ2) is 4.19. The predicted octanol–water partition coefficient (Wildman–Crippen LogP) is 1.31. The van der Waals surface area contributed by atoms with Crippen molar-refractivity contribution in [2.45, 2.75) is 26.3 Å². The molecule has 0 aliphatic carbocycles. The van der Waals surface area contributed by atoms with E-state index in [1.165, 1.54) is 6.07 Å². The fraction of sp³-hybridized carbons (Fsp3) is 0.364. The highest BCUT2D eigenvalue weighted by Crippen LogP contribution is 2.13. The summed E-state index contributed by atoms with van der Waals surface area (Å²) < 4.78 is 0. The Kier molecular flexibility index (Phi) is 3.14. The number of carboxylic acid groups (broad SMARTS) is 1. The van der Waals surface area contributed by atoms with Crippen LogP contribution in [-0.2, 0) is 0 Å². The molecule has 5 nitrogen and oxygen atoms in total. The number of terminal acetylenes is 1. The highest BCUT2D eigenvalue weighted by atomic mass is 16.4. The molecular weight excluding hydrogens is 206 g/mol. The van der Waals surface area contributed by atoms with Crippen LogP contribution in [0.5, 0.6) is 0 Å². The Morgan fingerprint density at radius 2 is 2.19 bits per heavy atom. The maximum absolute atomic E-state index is 10.8. The van der Waals surface area contributed by atoms with Gasteiger partial charge in [-0.05, 0) is 20.8 Å². The first-order valence-corrected chi connectivity index (χ1v) is 4.69. The van der Waals surface area contributed by atoms with Crippen LogP contribution >= 0.6 is 0 Å². The van der Waals surface area contributed by atoms with E-state index in [9.17, 15) is 4.79 Å². The molecule has 0 bridgehead atoms. The molecule has 1 rings (SSSR count). The van der Waals surface area contributed by atoms with Crippen LogP contribution in [0.1, 0.15) is 30.2 Å². The monoisotopic (exact) mass is 219 g/mol. The second-order valence-corrected chi connectivity index (χ2v) is 3.89. The van der Waals surface area contributed by atoms with Gasteiger partial charge in [0.2, 0.25) is 0 Å². The summed E-state index contributed by atoms with van der Waals surface area (Å²) in [4.78, 5) is 18.6. The van der Waals surface area contributed by atoms with E-state index >= 15 is 0 Å². The number of carbonyl (C=O) groups is 1. The summed E-state index contributed by atoms with van der Waals surface area (Å²) in [7, 11) is 0. The lowest BCUT2D eigenvalue weighted by molar-refractivity contribution is 0.0690. The molecule has 5 heteroatoms. The topological polar surface area (TPSA) is 75.1 Å². The van der Waals surface area contributed by atoms with E-state index in [1.54, 1.807) is 20.8 Å². The van der Waals surface area contributed by atoms with E-state index in [0.29, 0.717) is 11.6 Å². The summed E-state index contributed by atoms with van der Waals surface area (Å²) in [6.45, 7) is 5.22. The van der Waals surface area contributed by atoms with Gasteiger partial charge in [-0.2, -0.15) is 0 Å². The first-order valence-electron chi connectivity index (χ1n) is 4.69. The standard InChI is InChI=1S/C11H13N3O2/c1-5-11(3,4)14-9-6-8(10(15)16)12-7(2)13-9/h1,6H,2-4H3,(H,15,16)(H,12,13,14). The van der Waals surface area contributed by atoms with Gasteiger partial charge in [-0.1, -0.05) is 5.92 Å². The van der Waals surface area contributed by atoms with Gasteiger partial charge in [0, 0.05) is 6.07 Å². The number of hydrogen-bond acceptors (Lipinski definition) is 4. The molecule has 1 heterocycles. The van der Waals surface area contributed by atoms with Crippen LogP contribution in [0.3, 0.4) is 0 Å². The smallest absolute Gasteiger partial charge is 0.354 e. The van der Waals surface area contributed by atoms with Crippen LogP contribution in [-0.4, -0.2) is 26.6 Å². The Morgan fingerprint density at radius 1 is 1.56 bits per heavy atom. The van der Waals surface area contributed by atoms with Crippen LogP contribution in [0, 0.1) is 19.3 Å². The van der Waals surface area contributed by atoms with Gasteiger partial charge >= 0.3 is 5.97 Å². The minimum absolute atomic E-state index is 0.0529. The van der Waals surface area contributed by atoms with Crippen molar-refractivity contribution in [3.05, 3.63) is 17.6 Å². The van der Waals surface area contributed by atoms with Crippen molar-refractivity contribution in [1.82, 2.24) is 9.97 Å². The van der Waals surface area contributed by atoms with Crippen molar-refractivity contribution in [3.63, 3.8) is 0 Å². The van der Waals surface area contributed by atoms with Gasteiger partial charge in [0.05, 0.1) is 5.54 Å². The molecule has 0 atom stereocenters. The number of aryl methyl sites for hydroxylation is 1. The number of carboxylic acids is 1. The molecule has 16 heavy (non-hydrogen) atoms. The number of rotatable bonds is 3. The molecule has 0 unspecified atom stereocenters. The van der Waals surface area contributed by atoms with Gasteiger partial charge in [0.1, 0.15) is 11.6 Å². The van der Waals surface area contributed by atoms with Crippen LogP contribution in [0.4, 0.5) is 5.82 Å². The molecule has 0 aliphatic rings. The Labute approximate surface area is 93.9 Å². The summed E-state index contributed by atoms with van der Waals surface area (Å²) in [6.07, 6.45) is 5.32. The first kappa shape index (κ1) is 12.0. The Balaban J connectivity index is 3.07. The molecule has 0 amide bonds. The van der Waals surface area contributed by atoms with Gasteiger partial charge < -0.3 is 10.4 Å². The molecule has 84 valence electrons. The molecule has 0 saturated heterocycles. The number of aromatic carboxylic acids is 1. The van der Waals surface area contributed by atoms with Crippen LogP contribution < -0.4 is 5.32 Å². The highest BCUT2D eigenvalue weighted by molar-refractivity contribution is 5.86. The Bertz CT molecular complexity index is 461. The average molecular weight is 219 g/mol. The average Bonchev–Trinajstić information content (AvgIpc) is 2.16. The van der Waals surface area contributed by atoms with E-state index < -0.39 is 11.5 Å². The molecule has 0 spiro atoms. The molecule has 0 aromatic carbocycles. The van der Waals surface area contributed by atoms with E-state index in [1.807, 2.05) is 0 Å². The van der Waals surface area contributed by atoms with Crippen LogP contribution in [0.2, 0.25) is 0 Å². The molecule has 0 radical (unpaired) electrons. The van der Waals surface area contributed by atoms with Gasteiger partial charge in [0.25, 0.3) is 0 Å². The number of nitrogens with zero attached hydrogens (tertiary/aromatic N) is 2. The normalized spacial score (nSPS) is 10.6. The number of nitrogens with one attached hydrogen (secondary N) is 1. The van der Waals surface area contributed by atoms with Crippen molar-refractivity contribution in [3.8, 4) is 12.3 Å². The summed E-state index contributed by atoms with van der Waals surface area (Å²) in [5.74, 6) is 2.24. The summed E-state index contributed by atoms with van der Waals surface area (Å²) in [5, 5.41) is 11.8. The summed E-state index contributed by atoms with van der Waals surface area (Å²) >= 11 is 0. The van der Waals surface area contributed by atoms with Crippen molar-refractivity contribution in [1.29, 1.82) is 0 Å². The lowest BCUT2D eigenvalue weighted by Gasteiger charge is -2.20. The van der Waals surface area contributed by atoms with Gasteiger partial charge in [-0.15, -0.1) is 6.42 Å². The molecule has 0 fully saturated rings. The maximum atomic E-state index is 10.8. The molecule has 0 aliphatic heterocycles. The predicted molar refractivity (Wildman–Crippen MR) is 60.3 cm³/mol. The first-order chi connectivity index (χ1) is 7.34. The zero-order valence-electron chi connectivity index (χ0n) is 9.40. The summed E-state index contributed by atoms with van der Waals surface area (Å²) in [6, 6.07) is 1.36. The largest absolute Gasteiger partial charge is 0.477 e. The lowest BCUT2D eigenvalue weighted by Crippen LogP contribution is -2.29. The third-order valence-corrected chi connectivity index (χ3v) is 1.86. The zero-order valence-corrected chi connectivity index (χ0v) is 9.40. The second-order valence-electron chi connectivity index (χ2n) is 3.89. The van der Waals surface area contributed by atoms with E-state index in [4.69, 9.17) is 11.5 Å². The number of hydrogen-bond donors (Lipinski definition) is 2. The third-order valence-electron chi connectivity index (χ3n) is 1.86. The third kappa shape index (κ3) is 2.95. The maximum Gasteiger partial charge on any atom is 0.354 e. The van der Waals surface area contributed by atoms with Crippen LogP contribution in [0.15, 0.2) is 6.07 Å². The molecule has 1 aromatic rings. The quantitative estimate of drug-likeness (QED) is 0.749. The molecule has 0 saturated carbocycles. The van der Waals surface area contributed by atoms with Crippen molar-refractivity contribution >= 4 is 11.8 Å². The minimum atomic E-state index is -1.09. The lowest BCUT2D eigenvalue weighted by atomic mass is 10.1. The number of anilines is 1. The summed E-state index contributed by atoms with van der Waals surface area (Å²) in [5.41, 5.74) is -0.640. The zero-order chi connectivity index (χ0) is 12.3. The van der Waals surface area contributed by atoms with E-state index in [-0.39, 0.29) is 5.69 Å². The molecular formula is C11H13N3O2. The van der Waals surface area contributed by atoms with E-state index in [0.717, 1.165) is 0 Å². The minimum Gasteiger partial charge on any atom is -0.477 e. The number of aromatic nitrogens is 2. The van der Waals surface area contributed by atoms with Crippen molar-refractivity contribution in [2.75, 3.05) is 5.32 Å². The SMILES string of the molecule is C#CC(C)(C)Nc1cc(C(=O)O)nc(C)n1. The molecule has 2 N–H and O–H groups in total. The molecule has 1 aromatic heterocycles. The Morgan fingerprint density at radius 3 is 2.69 bits per heavy atom. The fourth-order valence-corrected chi connectivity index (χ4v) is 1.10. The van der Waals surface area contributed by atoms with Gasteiger partial charge in [-0.3, -0.25) is 0 Å². The van der Waals surface area contributed by atoms with Crippen molar-refractivity contribution < 1.29 is 9.90 Å². The van der Waals surface area contributed by atoms with E-state index in [2.05, 4.69) is 21.2 Å². The van der Waals surface area contributed by atoms with Crippen molar-refractivity contribution in [2.24, 2.45) is 0 Å². The Hall–Kier alpha value is -2.09. The van der Waals surface area contributed by atoms with Gasteiger partial charge in [0.15, 0.2) is 5.69 Å². The highest BCUT2D eigenvalue weighted by Gasteiger charge is 2.16. The fourth-order valence-electron chi connectivity index (χ4n) is 1.10. The van der Waals surface area contributed by atoms with Gasteiger partial charge in [-0.25, -0.2) is 14.8 Å².